The van der Waals surface area contributed by atoms with E-state index >= 15 is 0 Å². The third-order valence-corrected chi connectivity index (χ3v) is 7.06. The Morgan fingerprint density at radius 3 is 2.56 bits per heavy atom. The Kier molecular flexibility index (Phi) is 8.88. The van der Waals surface area contributed by atoms with Crippen LogP contribution in [0.25, 0.3) is 11.1 Å². The molecular formula is C27H27Cl2N5O5. The summed E-state index contributed by atoms with van der Waals surface area (Å²) in [6.45, 7) is 4.07. The molecule has 204 valence electrons. The van der Waals surface area contributed by atoms with Gasteiger partial charge in [0.1, 0.15) is 11.2 Å². The van der Waals surface area contributed by atoms with Gasteiger partial charge in [0.2, 0.25) is 0 Å². The van der Waals surface area contributed by atoms with Gasteiger partial charge in [-0.3, -0.25) is 14.2 Å². The molecule has 0 aliphatic carbocycles. The fourth-order valence-electron chi connectivity index (χ4n) is 4.44. The number of nitrogens with one attached hydrogen (secondary N) is 1. The number of fused-ring (bicyclic) bond motifs is 1. The largest absolute Gasteiger partial charge is 0.465 e. The Bertz CT molecular complexity index is 1550. The van der Waals surface area contributed by atoms with Crippen molar-refractivity contribution in [1.29, 1.82) is 0 Å². The molecule has 2 amide bonds. The quantitative estimate of drug-likeness (QED) is 0.247. The number of carbonyl (C=O) groups is 2. The molecule has 0 aliphatic heterocycles. The summed E-state index contributed by atoms with van der Waals surface area (Å²) in [5.41, 5.74) is 1.35. The van der Waals surface area contributed by atoms with Crippen molar-refractivity contribution in [2.75, 3.05) is 13.1 Å². The first-order chi connectivity index (χ1) is 18.7. The molecule has 1 atom stereocenters. The minimum Gasteiger partial charge on any atom is -0.465 e. The van der Waals surface area contributed by atoms with Crippen LogP contribution in [0.4, 0.5) is 4.79 Å². The van der Waals surface area contributed by atoms with Crippen molar-refractivity contribution in [2.45, 2.75) is 39.3 Å². The predicted molar refractivity (Wildman–Crippen MR) is 148 cm³/mol. The number of hydrogen-bond acceptors (Lipinski definition) is 6. The Morgan fingerprint density at radius 1 is 1.15 bits per heavy atom. The lowest BCUT2D eigenvalue weighted by atomic mass is 10.1. The molecule has 10 nitrogen and oxygen atoms in total. The molecule has 0 fully saturated rings. The summed E-state index contributed by atoms with van der Waals surface area (Å²) in [7, 11) is 0. The smallest absolute Gasteiger partial charge is 0.404 e. The van der Waals surface area contributed by atoms with Gasteiger partial charge in [-0.05, 0) is 43.5 Å². The van der Waals surface area contributed by atoms with E-state index in [1.54, 1.807) is 22.5 Å². The zero-order valence-corrected chi connectivity index (χ0v) is 22.9. The number of hydrogen-bond donors (Lipinski definition) is 2. The lowest BCUT2D eigenvalue weighted by Gasteiger charge is -2.32. The van der Waals surface area contributed by atoms with Crippen LogP contribution < -0.4 is 10.9 Å². The molecule has 4 aromatic rings. The normalized spacial score (nSPS) is 11.9. The Labute approximate surface area is 234 Å². The van der Waals surface area contributed by atoms with Crippen molar-refractivity contribution in [3.8, 4) is 0 Å². The van der Waals surface area contributed by atoms with Crippen LogP contribution in [0.2, 0.25) is 10.0 Å². The Hall–Kier alpha value is -3.89. The molecule has 12 heteroatoms. The second-order valence-electron chi connectivity index (χ2n) is 8.93. The van der Waals surface area contributed by atoms with Crippen LogP contribution in [-0.4, -0.2) is 49.8 Å². The summed E-state index contributed by atoms with van der Waals surface area (Å²) >= 11 is 12.3. The lowest BCUT2D eigenvalue weighted by Crippen LogP contribution is -2.40. The number of carbonyl (C=O) groups excluding carboxylic acids is 1. The minimum atomic E-state index is -1.16. The molecule has 0 radical (unpaired) electrons. The second-order valence-corrected chi connectivity index (χ2v) is 9.75. The zero-order chi connectivity index (χ0) is 28.1. The highest BCUT2D eigenvalue weighted by molar-refractivity contribution is 6.42. The number of amides is 2. The first-order valence-electron chi connectivity index (χ1n) is 12.3. The van der Waals surface area contributed by atoms with Gasteiger partial charge in [-0.25, -0.2) is 4.79 Å². The minimum absolute atomic E-state index is 0.0877. The molecule has 2 aromatic carbocycles. The standard InChI is InChI=1S/C27H27Cl2N5O5/c1-3-21(33(13-7-12-30-27(37)38)25(35)18-10-11-19(28)20(29)14-18)23-31-24-22(16(2)32-39-24)26(36)34(23)15-17-8-5-4-6-9-17/h4-6,8-11,14,21,30H,3,7,12-13,15H2,1-2H3,(H,37,38). The summed E-state index contributed by atoms with van der Waals surface area (Å²) < 4.78 is 6.91. The van der Waals surface area contributed by atoms with E-state index in [4.69, 9.17) is 37.8 Å². The van der Waals surface area contributed by atoms with Gasteiger partial charge in [-0.1, -0.05) is 65.6 Å². The molecule has 2 aromatic heterocycles. The maximum atomic E-state index is 13.9. The van der Waals surface area contributed by atoms with E-state index in [2.05, 4.69) is 10.5 Å². The maximum absolute atomic E-state index is 13.9. The number of halogens is 2. The average Bonchev–Trinajstić information content (AvgIpc) is 3.29. The summed E-state index contributed by atoms with van der Waals surface area (Å²) in [5, 5.41) is 16.0. The third-order valence-electron chi connectivity index (χ3n) is 6.32. The van der Waals surface area contributed by atoms with Crippen LogP contribution in [0.1, 0.15) is 53.2 Å². The molecule has 2 heterocycles. The summed E-state index contributed by atoms with van der Waals surface area (Å²) in [4.78, 5) is 44.9. The molecule has 0 spiro atoms. The van der Waals surface area contributed by atoms with E-state index in [1.807, 2.05) is 37.3 Å². The van der Waals surface area contributed by atoms with Gasteiger partial charge in [0, 0.05) is 18.7 Å². The zero-order valence-electron chi connectivity index (χ0n) is 21.4. The molecular weight excluding hydrogens is 545 g/mol. The first kappa shape index (κ1) is 28.1. The van der Waals surface area contributed by atoms with Gasteiger partial charge in [-0.2, -0.15) is 4.98 Å². The van der Waals surface area contributed by atoms with Crippen molar-refractivity contribution < 1.29 is 19.2 Å². The molecule has 39 heavy (non-hydrogen) atoms. The SMILES string of the molecule is CCC(c1nc2onc(C)c2c(=O)n1Cc1ccccc1)N(CCCNC(=O)O)C(=O)c1ccc(Cl)c(Cl)c1. The predicted octanol–water partition coefficient (Wildman–Crippen LogP) is 5.30. The maximum Gasteiger partial charge on any atom is 0.404 e. The van der Waals surface area contributed by atoms with Crippen LogP contribution in [0.3, 0.4) is 0 Å². The molecule has 0 saturated heterocycles. The van der Waals surface area contributed by atoms with E-state index in [0.29, 0.717) is 34.9 Å². The van der Waals surface area contributed by atoms with E-state index in [9.17, 15) is 14.4 Å². The molecule has 2 N–H and O–H groups in total. The number of nitrogens with zero attached hydrogens (tertiary/aromatic N) is 4. The van der Waals surface area contributed by atoms with Crippen LogP contribution >= 0.6 is 23.2 Å². The van der Waals surface area contributed by atoms with E-state index < -0.39 is 12.1 Å². The van der Waals surface area contributed by atoms with Crippen molar-refractivity contribution in [2.24, 2.45) is 0 Å². The monoisotopic (exact) mass is 571 g/mol. The van der Waals surface area contributed by atoms with Crippen LogP contribution in [0, 0.1) is 6.92 Å². The molecule has 0 aliphatic rings. The van der Waals surface area contributed by atoms with E-state index in [1.165, 1.54) is 12.1 Å². The first-order valence-corrected chi connectivity index (χ1v) is 13.1. The highest BCUT2D eigenvalue weighted by Crippen LogP contribution is 2.29. The van der Waals surface area contributed by atoms with E-state index in [-0.39, 0.29) is 47.2 Å². The van der Waals surface area contributed by atoms with Gasteiger partial charge >= 0.3 is 6.09 Å². The third kappa shape index (κ3) is 6.23. The van der Waals surface area contributed by atoms with E-state index in [0.717, 1.165) is 5.56 Å². The number of aromatic nitrogens is 3. The van der Waals surface area contributed by atoms with Crippen LogP contribution in [0.15, 0.2) is 57.8 Å². The van der Waals surface area contributed by atoms with Crippen LogP contribution in [-0.2, 0) is 6.54 Å². The number of aryl methyl sites for hydroxylation is 1. The fraction of sp³-hybridized carbons (Fsp3) is 0.296. The van der Waals surface area contributed by atoms with Gasteiger partial charge in [0.15, 0.2) is 0 Å². The summed E-state index contributed by atoms with van der Waals surface area (Å²) in [6.07, 6.45) is -0.434. The highest BCUT2D eigenvalue weighted by atomic mass is 35.5. The van der Waals surface area contributed by atoms with Crippen molar-refractivity contribution in [3.63, 3.8) is 0 Å². The fourth-order valence-corrected chi connectivity index (χ4v) is 4.74. The molecule has 0 bridgehead atoms. The number of rotatable bonds is 10. The highest BCUT2D eigenvalue weighted by Gasteiger charge is 2.30. The van der Waals surface area contributed by atoms with Gasteiger partial charge < -0.3 is 19.8 Å². The van der Waals surface area contributed by atoms with Crippen molar-refractivity contribution >= 4 is 46.3 Å². The lowest BCUT2D eigenvalue weighted by molar-refractivity contribution is 0.0654. The molecule has 1 unspecified atom stereocenters. The Morgan fingerprint density at radius 2 is 1.90 bits per heavy atom. The summed E-state index contributed by atoms with van der Waals surface area (Å²) in [5.74, 6) is -0.0419. The number of carboxylic acid groups (broad SMARTS) is 1. The Balaban J connectivity index is 1.83. The number of benzene rings is 2. The molecule has 0 saturated carbocycles. The molecule has 4 rings (SSSR count). The second kappa shape index (κ2) is 12.3. The topological polar surface area (TPSA) is 131 Å². The summed E-state index contributed by atoms with van der Waals surface area (Å²) in [6, 6.07) is 13.4. The van der Waals surface area contributed by atoms with Gasteiger partial charge in [0.25, 0.3) is 17.2 Å². The van der Waals surface area contributed by atoms with Crippen LogP contribution in [0.5, 0.6) is 0 Å². The van der Waals surface area contributed by atoms with Crippen molar-refractivity contribution in [3.05, 3.63) is 91.6 Å². The average molecular weight is 572 g/mol. The van der Waals surface area contributed by atoms with Gasteiger partial charge in [-0.15, -0.1) is 0 Å². The van der Waals surface area contributed by atoms with Crippen molar-refractivity contribution in [1.82, 2.24) is 24.9 Å². The van der Waals surface area contributed by atoms with Gasteiger partial charge in [0.05, 0.1) is 28.3 Å².